The van der Waals surface area contributed by atoms with Gasteiger partial charge in [-0.25, -0.2) is 0 Å². The quantitative estimate of drug-likeness (QED) is 0.873. The van der Waals surface area contributed by atoms with Gasteiger partial charge in [0.15, 0.2) is 0 Å². The zero-order chi connectivity index (χ0) is 18.7. The van der Waals surface area contributed by atoms with E-state index in [1.807, 2.05) is 19.1 Å². The number of likely N-dealkylation sites (tertiary alicyclic amines) is 1. The largest absolute Gasteiger partial charge is 0.401 e. The Morgan fingerprint density at radius 3 is 2.44 bits per heavy atom. The van der Waals surface area contributed by atoms with Crippen molar-refractivity contribution in [2.45, 2.75) is 45.2 Å². The van der Waals surface area contributed by atoms with Gasteiger partial charge in [0.1, 0.15) is 0 Å². The second-order valence-electron chi connectivity index (χ2n) is 7.64. The molecule has 1 aliphatic rings. The van der Waals surface area contributed by atoms with Gasteiger partial charge in [0.2, 0.25) is 5.91 Å². The van der Waals surface area contributed by atoms with Crippen LogP contribution in [0.25, 0.3) is 0 Å². The van der Waals surface area contributed by atoms with Crippen molar-refractivity contribution in [1.82, 2.24) is 10.2 Å². The van der Waals surface area contributed by atoms with Gasteiger partial charge in [-0.1, -0.05) is 43.7 Å². The van der Waals surface area contributed by atoms with Crippen LogP contribution >= 0.6 is 0 Å². The highest BCUT2D eigenvalue weighted by atomic mass is 19.4. The molecule has 2 rings (SSSR count). The highest BCUT2D eigenvalue weighted by molar-refractivity contribution is 5.78. The molecule has 0 atom stereocenters. The van der Waals surface area contributed by atoms with Gasteiger partial charge in [0, 0.05) is 17.9 Å². The number of rotatable bonds is 5. The number of hydrogen-bond donors (Lipinski definition) is 1. The van der Waals surface area contributed by atoms with E-state index in [0.29, 0.717) is 32.5 Å². The minimum Gasteiger partial charge on any atom is -0.355 e. The van der Waals surface area contributed by atoms with Gasteiger partial charge in [0.05, 0.1) is 6.54 Å². The molecule has 0 aromatic heterocycles. The first-order valence-electron chi connectivity index (χ1n) is 8.71. The highest BCUT2D eigenvalue weighted by Crippen LogP contribution is 2.25. The van der Waals surface area contributed by atoms with E-state index in [0.717, 1.165) is 5.56 Å². The predicted molar refractivity (Wildman–Crippen MR) is 92.4 cm³/mol. The van der Waals surface area contributed by atoms with Gasteiger partial charge < -0.3 is 5.32 Å². The lowest BCUT2D eigenvalue weighted by Crippen LogP contribution is -2.45. The first kappa shape index (κ1) is 19.8. The van der Waals surface area contributed by atoms with Gasteiger partial charge in [-0.2, -0.15) is 13.2 Å². The number of hydrogen-bond acceptors (Lipinski definition) is 2. The van der Waals surface area contributed by atoms with Gasteiger partial charge in [-0.05, 0) is 38.4 Å². The van der Waals surface area contributed by atoms with Crippen molar-refractivity contribution in [1.29, 1.82) is 0 Å². The molecule has 1 aromatic carbocycles. The number of halogens is 3. The van der Waals surface area contributed by atoms with E-state index in [2.05, 4.69) is 31.3 Å². The van der Waals surface area contributed by atoms with Crippen LogP contribution in [0.15, 0.2) is 24.3 Å². The average Bonchev–Trinajstić information content (AvgIpc) is 2.52. The molecule has 1 fully saturated rings. The summed E-state index contributed by atoms with van der Waals surface area (Å²) in [6.07, 6.45) is -3.22. The Labute approximate surface area is 147 Å². The highest BCUT2D eigenvalue weighted by Gasteiger charge is 2.34. The second-order valence-corrected chi connectivity index (χ2v) is 7.64. The van der Waals surface area contributed by atoms with Crippen LogP contribution < -0.4 is 5.32 Å². The summed E-state index contributed by atoms with van der Waals surface area (Å²) >= 11 is 0. The van der Waals surface area contributed by atoms with E-state index in [1.54, 1.807) is 0 Å². The molecule has 6 heteroatoms. The first-order valence-corrected chi connectivity index (χ1v) is 8.71. The molecule has 1 heterocycles. The van der Waals surface area contributed by atoms with Crippen LogP contribution in [0.1, 0.15) is 37.8 Å². The summed E-state index contributed by atoms with van der Waals surface area (Å²) in [5, 5.41) is 2.99. The molecule has 140 valence electrons. The Kier molecular flexibility index (Phi) is 6.14. The lowest BCUT2D eigenvalue weighted by Gasteiger charge is -2.32. The zero-order valence-electron chi connectivity index (χ0n) is 15.1. The SMILES string of the molecule is Cc1cccc(C(C)(C)CNC(=O)C2CCN(CC(F)(F)F)CC2)c1. The van der Waals surface area contributed by atoms with Crippen LogP contribution in [0, 0.1) is 12.8 Å². The van der Waals surface area contributed by atoms with Gasteiger partial charge >= 0.3 is 6.18 Å². The molecule has 1 aromatic rings. The molecular formula is C19H27F3N2O. The average molecular weight is 356 g/mol. The number of nitrogens with one attached hydrogen (secondary N) is 1. The predicted octanol–water partition coefficient (Wildman–Crippen LogP) is 3.66. The van der Waals surface area contributed by atoms with E-state index in [4.69, 9.17) is 0 Å². The van der Waals surface area contributed by atoms with Crippen molar-refractivity contribution in [3.63, 3.8) is 0 Å². The monoisotopic (exact) mass is 356 g/mol. The van der Waals surface area contributed by atoms with Crippen molar-refractivity contribution in [2.75, 3.05) is 26.2 Å². The third kappa shape index (κ3) is 6.03. The van der Waals surface area contributed by atoms with E-state index < -0.39 is 12.7 Å². The number of carbonyl (C=O) groups is 1. The maximum atomic E-state index is 12.4. The number of aryl methyl sites for hydroxylation is 1. The molecule has 0 spiro atoms. The molecule has 1 N–H and O–H groups in total. The Bertz CT molecular complexity index is 591. The van der Waals surface area contributed by atoms with E-state index >= 15 is 0 Å². The number of carbonyl (C=O) groups excluding carboxylic acids is 1. The molecule has 25 heavy (non-hydrogen) atoms. The van der Waals surface area contributed by atoms with Crippen LogP contribution in [0.5, 0.6) is 0 Å². The fourth-order valence-corrected chi connectivity index (χ4v) is 3.23. The maximum absolute atomic E-state index is 12.4. The first-order chi connectivity index (χ1) is 11.6. The zero-order valence-corrected chi connectivity index (χ0v) is 15.1. The summed E-state index contributed by atoms with van der Waals surface area (Å²) in [4.78, 5) is 13.8. The van der Waals surface area contributed by atoms with Crippen LogP contribution in [0.4, 0.5) is 13.2 Å². The molecule has 1 aliphatic heterocycles. The van der Waals surface area contributed by atoms with Crippen molar-refractivity contribution < 1.29 is 18.0 Å². The summed E-state index contributed by atoms with van der Waals surface area (Å²) in [5.74, 6) is -0.245. The molecule has 3 nitrogen and oxygen atoms in total. The smallest absolute Gasteiger partial charge is 0.355 e. The van der Waals surface area contributed by atoms with Crippen molar-refractivity contribution in [3.8, 4) is 0 Å². The summed E-state index contributed by atoms with van der Waals surface area (Å²) in [6, 6.07) is 8.20. The van der Waals surface area contributed by atoms with Gasteiger partial charge in [-0.3, -0.25) is 9.69 Å². The molecule has 1 amide bonds. The third-order valence-electron chi connectivity index (χ3n) is 4.87. The number of benzene rings is 1. The standard InChI is InChI=1S/C19H27F3N2O/c1-14-5-4-6-16(11-14)18(2,3)12-23-17(25)15-7-9-24(10-8-15)13-19(20,21)22/h4-6,11,15H,7-10,12-13H2,1-3H3,(H,23,25). The van der Waals surface area contributed by atoms with Crippen LogP contribution in [0.3, 0.4) is 0 Å². The number of piperidine rings is 1. The lowest BCUT2D eigenvalue weighted by molar-refractivity contribution is -0.149. The molecule has 0 radical (unpaired) electrons. The lowest BCUT2D eigenvalue weighted by atomic mass is 9.83. The Morgan fingerprint density at radius 1 is 1.24 bits per heavy atom. The van der Waals surface area contributed by atoms with Gasteiger partial charge in [-0.15, -0.1) is 0 Å². The Morgan fingerprint density at radius 2 is 1.88 bits per heavy atom. The van der Waals surface area contributed by atoms with Crippen molar-refractivity contribution in [2.24, 2.45) is 5.92 Å². The Hall–Kier alpha value is -1.56. The molecule has 1 saturated heterocycles. The minimum absolute atomic E-state index is 0.0487. The van der Waals surface area contributed by atoms with Gasteiger partial charge in [0.25, 0.3) is 0 Å². The molecule has 0 saturated carbocycles. The summed E-state index contributed by atoms with van der Waals surface area (Å²) in [5.41, 5.74) is 2.14. The van der Waals surface area contributed by atoms with Crippen molar-refractivity contribution in [3.05, 3.63) is 35.4 Å². The Balaban J connectivity index is 1.83. The number of nitrogens with zero attached hydrogens (tertiary/aromatic N) is 1. The summed E-state index contributed by atoms with van der Waals surface area (Å²) < 4.78 is 37.2. The fraction of sp³-hybridized carbons (Fsp3) is 0.632. The third-order valence-corrected chi connectivity index (χ3v) is 4.87. The maximum Gasteiger partial charge on any atom is 0.401 e. The molecular weight excluding hydrogens is 329 g/mol. The topological polar surface area (TPSA) is 32.3 Å². The number of amides is 1. The number of alkyl halides is 3. The van der Waals surface area contributed by atoms with Crippen LogP contribution in [-0.4, -0.2) is 43.2 Å². The molecule has 0 unspecified atom stereocenters. The summed E-state index contributed by atoms with van der Waals surface area (Å²) in [6.45, 7) is 6.45. The molecule has 0 bridgehead atoms. The van der Waals surface area contributed by atoms with E-state index in [9.17, 15) is 18.0 Å². The summed E-state index contributed by atoms with van der Waals surface area (Å²) in [7, 11) is 0. The normalized spacial score (nSPS) is 17.5. The van der Waals surface area contributed by atoms with E-state index in [-0.39, 0.29) is 17.2 Å². The minimum atomic E-state index is -4.17. The van der Waals surface area contributed by atoms with E-state index in [1.165, 1.54) is 10.5 Å². The second kappa shape index (κ2) is 7.77. The van der Waals surface area contributed by atoms with Crippen molar-refractivity contribution >= 4 is 5.91 Å². The van der Waals surface area contributed by atoms with Crippen LogP contribution in [0.2, 0.25) is 0 Å². The molecule has 0 aliphatic carbocycles. The fourth-order valence-electron chi connectivity index (χ4n) is 3.23. The van der Waals surface area contributed by atoms with Crippen LogP contribution in [-0.2, 0) is 10.2 Å².